The second kappa shape index (κ2) is 5.17. The molecule has 3 aromatic heterocycles. The number of pyridine rings is 2. The van der Waals surface area contributed by atoms with E-state index in [0.717, 1.165) is 44.4 Å². The van der Waals surface area contributed by atoms with Crippen LogP contribution in [0.1, 0.15) is 26.5 Å². The highest BCUT2D eigenvalue weighted by molar-refractivity contribution is 6.08. The molecule has 0 unspecified atom stereocenters. The van der Waals surface area contributed by atoms with E-state index in [-0.39, 0.29) is 0 Å². The quantitative estimate of drug-likeness (QED) is 0.476. The second-order valence-corrected chi connectivity index (χ2v) is 6.41. The SMILES string of the molecule is [2H]C([2H])([2H])c1c[n+](C)c(-c2c(C)ccc3c2oc2nc(C)ccc23)cc1C. The van der Waals surface area contributed by atoms with Crippen LogP contribution in [0.25, 0.3) is 33.3 Å². The van der Waals surface area contributed by atoms with Crippen molar-refractivity contribution < 1.29 is 13.1 Å². The molecule has 3 heterocycles. The Bertz CT molecular complexity index is 1210. The van der Waals surface area contributed by atoms with Crippen molar-refractivity contribution in [1.82, 2.24) is 4.98 Å². The van der Waals surface area contributed by atoms with Gasteiger partial charge in [-0.3, -0.25) is 0 Å². The Morgan fingerprint density at radius 2 is 1.79 bits per heavy atom. The number of hydrogen-bond donors (Lipinski definition) is 0. The van der Waals surface area contributed by atoms with E-state index in [2.05, 4.69) is 17.1 Å². The number of benzene rings is 1. The molecule has 0 aliphatic rings. The molecule has 4 aromatic rings. The largest absolute Gasteiger partial charge is 0.437 e. The number of nitrogens with zero attached hydrogens (tertiary/aromatic N) is 2. The Kier molecular flexibility index (Phi) is 2.54. The lowest BCUT2D eigenvalue weighted by Gasteiger charge is -2.07. The number of rotatable bonds is 1. The molecule has 3 heteroatoms. The normalized spacial score (nSPS) is 13.9. The van der Waals surface area contributed by atoms with Gasteiger partial charge in [-0.1, -0.05) is 12.1 Å². The first-order chi connectivity index (χ1) is 12.7. The van der Waals surface area contributed by atoms with E-state index in [0.29, 0.717) is 11.3 Å². The average molecular weight is 320 g/mol. The third kappa shape index (κ3) is 2.12. The number of aryl methyl sites for hydroxylation is 5. The van der Waals surface area contributed by atoms with Crippen LogP contribution in [0.2, 0.25) is 0 Å². The molecule has 0 saturated heterocycles. The summed E-state index contributed by atoms with van der Waals surface area (Å²) in [7, 11) is 1.87. The third-order valence-corrected chi connectivity index (χ3v) is 4.59. The van der Waals surface area contributed by atoms with Gasteiger partial charge in [0.2, 0.25) is 11.4 Å². The first kappa shape index (κ1) is 11.8. The zero-order valence-electron chi connectivity index (χ0n) is 17.3. The van der Waals surface area contributed by atoms with Gasteiger partial charge in [0.25, 0.3) is 0 Å². The molecule has 0 bridgehead atoms. The summed E-state index contributed by atoms with van der Waals surface area (Å²) in [5, 5.41) is 1.99. The first-order valence-corrected chi connectivity index (χ1v) is 7.97. The minimum absolute atomic E-state index is 0.362. The van der Waals surface area contributed by atoms with E-state index >= 15 is 0 Å². The van der Waals surface area contributed by atoms with E-state index in [1.54, 1.807) is 6.20 Å². The molecular formula is C21H21N2O+. The van der Waals surface area contributed by atoms with E-state index < -0.39 is 6.85 Å². The maximum Gasteiger partial charge on any atom is 0.227 e. The molecule has 4 rings (SSSR count). The summed E-state index contributed by atoms with van der Waals surface area (Å²) in [6.45, 7) is 3.68. The molecule has 1 aromatic carbocycles. The smallest absolute Gasteiger partial charge is 0.227 e. The van der Waals surface area contributed by atoms with Crippen LogP contribution >= 0.6 is 0 Å². The maximum atomic E-state index is 7.75. The molecule has 0 saturated carbocycles. The van der Waals surface area contributed by atoms with Gasteiger partial charge >= 0.3 is 0 Å². The lowest BCUT2D eigenvalue weighted by atomic mass is 9.99. The summed E-state index contributed by atoms with van der Waals surface area (Å²) in [5.41, 5.74) is 6.35. The van der Waals surface area contributed by atoms with Crippen LogP contribution in [-0.4, -0.2) is 4.98 Å². The molecule has 3 nitrogen and oxygen atoms in total. The van der Waals surface area contributed by atoms with E-state index in [1.807, 2.05) is 50.6 Å². The fourth-order valence-electron chi connectivity index (χ4n) is 3.23. The monoisotopic (exact) mass is 320 g/mol. The number of hydrogen-bond acceptors (Lipinski definition) is 2. The molecule has 0 aliphatic heterocycles. The fourth-order valence-corrected chi connectivity index (χ4v) is 3.23. The van der Waals surface area contributed by atoms with Crippen molar-refractivity contribution in [1.29, 1.82) is 0 Å². The Hall–Kier alpha value is -2.68. The van der Waals surface area contributed by atoms with E-state index in [4.69, 9.17) is 8.53 Å². The van der Waals surface area contributed by atoms with Crippen LogP contribution in [0, 0.1) is 27.6 Å². The molecule has 24 heavy (non-hydrogen) atoms. The van der Waals surface area contributed by atoms with Crippen LogP contribution in [0.4, 0.5) is 0 Å². The Labute approximate surface area is 145 Å². The van der Waals surface area contributed by atoms with Gasteiger partial charge in [0.15, 0.2) is 11.8 Å². The van der Waals surface area contributed by atoms with Gasteiger partial charge in [0.05, 0.1) is 5.56 Å². The highest BCUT2D eigenvalue weighted by atomic mass is 16.3. The van der Waals surface area contributed by atoms with Crippen molar-refractivity contribution in [3.8, 4) is 11.3 Å². The lowest BCUT2D eigenvalue weighted by molar-refractivity contribution is -0.660. The Balaban J connectivity index is 2.06. The van der Waals surface area contributed by atoms with Crippen molar-refractivity contribution in [3.05, 3.63) is 58.9 Å². The maximum absolute atomic E-state index is 7.75. The second-order valence-electron chi connectivity index (χ2n) is 6.41. The average Bonchev–Trinajstić information content (AvgIpc) is 2.93. The van der Waals surface area contributed by atoms with E-state index in [9.17, 15) is 0 Å². The predicted molar refractivity (Wildman–Crippen MR) is 97.1 cm³/mol. The van der Waals surface area contributed by atoms with Crippen molar-refractivity contribution in [2.75, 3.05) is 0 Å². The molecule has 0 spiro atoms. The van der Waals surface area contributed by atoms with Crippen LogP contribution in [0.5, 0.6) is 0 Å². The summed E-state index contributed by atoms with van der Waals surface area (Å²) >= 11 is 0. The lowest BCUT2D eigenvalue weighted by Crippen LogP contribution is -2.31. The minimum Gasteiger partial charge on any atom is -0.437 e. The molecule has 0 N–H and O–H groups in total. The first-order valence-electron chi connectivity index (χ1n) is 9.47. The van der Waals surface area contributed by atoms with Crippen LogP contribution < -0.4 is 4.57 Å². The van der Waals surface area contributed by atoms with Crippen LogP contribution in [0.15, 0.2) is 40.9 Å². The van der Waals surface area contributed by atoms with Crippen molar-refractivity contribution in [2.24, 2.45) is 7.05 Å². The highest BCUT2D eigenvalue weighted by Gasteiger charge is 2.21. The van der Waals surface area contributed by atoms with Crippen LogP contribution in [0.3, 0.4) is 0 Å². The van der Waals surface area contributed by atoms with Gasteiger partial charge in [0, 0.05) is 32.2 Å². The van der Waals surface area contributed by atoms with Gasteiger partial charge in [-0.15, -0.1) is 0 Å². The van der Waals surface area contributed by atoms with Gasteiger partial charge in [0.1, 0.15) is 7.05 Å². The van der Waals surface area contributed by atoms with E-state index in [1.165, 1.54) is 0 Å². The van der Waals surface area contributed by atoms with Gasteiger partial charge in [-0.2, -0.15) is 0 Å². The topological polar surface area (TPSA) is 29.9 Å². The molecule has 0 fully saturated rings. The molecular weight excluding hydrogens is 296 g/mol. The predicted octanol–water partition coefficient (Wildman–Crippen LogP) is 4.71. The number of furan rings is 1. The third-order valence-electron chi connectivity index (χ3n) is 4.59. The Morgan fingerprint density at radius 3 is 2.58 bits per heavy atom. The molecule has 0 radical (unpaired) electrons. The molecule has 0 amide bonds. The number of aromatic nitrogens is 2. The molecule has 0 atom stereocenters. The number of fused-ring (bicyclic) bond motifs is 3. The van der Waals surface area contributed by atoms with Crippen molar-refractivity contribution >= 4 is 22.1 Å². The van der Waals surface area contributed by atoms with Crippen molar-refractivity contribution in [3.63, 3.8) is 0 Å². The zero-order valence-corrected chi connectivity index (χ0v) is 14.3. The standard InChI is InChI=1S/C21H21N2O/c1-12-6-8-16-17-9-7-15(4)22-21(17)24-20(16)19(12)18-10-13(2)14(3)11-23(18)5/h6-11H,1-5H3/q+1/i3D3. The summed E-state index contributed by atoms with van der Waals surface area (Å²) in [6, 6.07) is 10.1. The molecule has 120 valence electrons. The van der Waals surface area contributed by atoms with Gasteiger partial charge in [-0.25, -0.2) is 9.55 Å². The van der Waals surface area contributed by atoms with Crippen LogP contribution in [-0.2, 0) is 7.05 Å². The fraction of sp³-hybridized carbons (Fsp3) is 0.238. The Morgan fingerprint density at radius 1 is 1.00 bits per heavy atom. The van der Waals surface area contributed by atoms with Gasteiger partial charge < -0.3 is 4.42 Å². The summed E-state index contributed by atoms with van der Waals surface area (Å²) in [4.78, 5) is 4.52. The summed E-state index contributed by atoms with van der Waals surface area (Å²) in [6.07, 6.45) is 1.70. The van der Waals surface area contributed by atoms with Gasteiger partial charge in [-0.05, 0) is 50.9 Å². The zero-order chi connectivity index (χ0) is 19.5. The minimum atomic E-state index is -2.14. The molecule has 0 aliphatic carbocycles. The summed E-state index contributed by atoms with van der Waals surface area (Å²) < 4.78 is 31.3. The summed E-state index contributed by atoms with van der Waals surface area (Å²) in [5.74, 6) is 0. The van der Waals surface area contributed by atoms with Crippen molar-refractivity contribution in [2.45, 2.75) is 27.6 Å². The highest BCUT2D eigenvalue weighted by Crippen LogP contribution is 2.36.